The number of nitrogens with one attached hydrogen (secondary N) is 1. The molecule has 0 unspecified atom stereocenters. The molecule has 1 N–H and O–H groups in total. The molecule has 1 aromatic rings. The molecule has 1 aromatic heterocycles. The lowest BCUT2D eigenvalue weighted by Crippen LogP contribution is -2.37. The summed E-state index contributed by atoms with van der Waals surface area (Å²) in [6.07, 6.45) is 3.71. The van der Waals surface area contributed by atoms with Gasteiger partial charge in [0.05, 0.1) is 0 Å². The van der Waals surface area contributed by atoms with Crippen LogP contribution in [0.15, 0.2) is 21.2 Å². The number of carbonyl (C=O) groups excluding carboxylic acids is 2. The van der Waals surface area contributed by atoms with E-state index in [0.717, 1.165) is 25.9 Å². The third-order valence-electron chi connectivity index (χ3n) is 3.13. The van der Waals surface area contributed by atoms with E-state index < -0.39 is 0 Å². The van der Waals surface area contributed by atoms with Crippen molar-refractivity contribution in [3.05, 3.63) is 22.6 Å². The molecule has 1 saturated heterocycles. The average molecular weight is 329 g/mol. The molecule has 2 amide bonds. The van der Waals surface area contributed by atoms with Crippen LogP contribution >= 0.6 is 15.9 Å². The molecule has 0 bridgehead atoms. The highest BCUT2D eigenvalue weighted by atomic mass is 79.9. The van der Waals surface area contributed by atoms with Crippen molar-refractivity contribution in [2.24, 2.45) is 0 Å². The number of nitrogens with zero attached hydrogens (tertiary/aromatic N) is 1. The van der Waals surface area contributed by atoms with Crippen molar-refractivity contribution >= 4 is 27.7 Å². The maximum Gasteiger partial charge on any atom is 0.287 e. The Labute approximate surface area is 120 Å². The normalized spacial score (nSPS) is 15.3. The summed E-state index contributed by atoms with van der Waals surface area (Å²) in [4.78, 5) is 25.4. The highest BCUT2D eigenvalue weighted by Crippen LogP contribution is 2.13. The fourth-order valence-electron chi connectivity index (χ4n) is 2.11. The van der Waals surface area contributed by atoms with E-state index in [0.29, 0.717) is 17.6 Å². The molecule has 1 aliphatic rings. The Morgan fingerprint density at radius 3 is 2.63 bits per heavy atom. The van der Waals surface area contributed by atoms with E-state index in [2.05, 4.69) is 21.2 Å². The van der Waals surface area contributed by atoms with Gasteiger partial charge in [0, 0.05) is 26.1 Å². The number of furan rings is 1. The first-order valence-electron chi connectivity index (χ1n) is 6.48. The standard InChI is InChI=1S/C13H17BrN2O3/c14-11-5-4-10(19-11)13(18)15-7-6-12(17)16-8-2-1-3-9-16/h4-5H,1-3,6-9H2,(H,15,18). The topological polar surface area (TPSA) is 62.6 Å². The first kappa shape index (κ1) is 14.1. The molecule has 2 heterocycles. The summed E-state index contributed by atoms with van der Waals surface area (Å²) < 4.78 is 5.64. The Balaban J connectivity index is 1.71. The third-order valence-corrected chi connectivity index (χ3v) is 3.56. The van der Waals surface area contributed by atoms with Gasteiger partial charge in [-0.1, -0.05) is 0 Å². The monoisotopic (exact) mass is 328 g/mol. The van der Waals surface area contributed by atoms with Crippen LogP contribution in [0.5, 0.6) is 0 Å². The molecule has 0 aliphatic carbocycles. The molecule has 0 aromatic carbocycles. The van der Waals surface area contributed by atoms with Crippen LogP contribution in [0.1, 0.15) is 36.2 Å². The van der Waals surface area contributed by atoms with Crippen molar-refractivity contribution in [1.82, 2.24) is 10.2 Å². The average Bonchev–Trinajstić information content (AvgIpc) is 2.86. The van der Waals surface area contributed by atoms with Crippen LogP contribution in [0.2, 0.25) is 0 Å². The number of rotatable bonds is 4. The molecule has 0 atom stereocenters. The zero-order chi connectivity index (χ0) is 13.7. The van der Waals surface area contributed by atoms with Gasteiger partial charge in [0.1, 0.15) is 0 Å². The SMILES string of the molecule is O=C(NCCC(=O)N1CCCCC1)c1ccc(Br)o1. The summed E-state index contributed by atoms with van der Waals surface area (Å²) in [5, 5.41) is 2.68. The molecule has 0 radical (unpaired) electrons. The highest BCUT2D eigenvalue weighted by Gasteiger charge is 2.16. The van der Waals surface area contributed by atoms with Crippen molar-refractivity contribution in [2.75, 3.05) is 19.6 Å². The molecule has 104 valence electrons. The number of likely N-dealkylation sites (tertiary alicyclic amines) is 1. The van der Waals surface area contributed by atoms with E-state index in [1.807, 2.05) is 4.90 Å². The summed E-state index contributed by atoms with van der Waals surface area (Å²) in [5.74, 6) is 0.0649. The van der Waals surface area contributed by atoms with Gasteiger partial charge < -0.3 is 14.6 Å². The van der Waals surface area contributed by atoms with Crippen LogP contribution in [0.25, 0.3) is 0 Å². The number of carbonyl (C=O) groups is 2. The molecule has 0 saturated carbocycles. The van der Waals surface area contributed by atoms with Crippen molar-refractivity contribution in [1.29, 1.82) is 0 Å². The van der Waals surface area contributed by atoms with E-state index in [4.69, 9.17) is 4.42 Å². The summed E-state index contributed by atoms with van der Waals surface area (Å²) in [6.45, 7) is 2.03. The van der Waals surface area contributed by atoms with Crippen molar-refractivity contribution in [3.63, 3.8) is 0 Å². The van der Waals surface area contributed by atoms with Crippen LogP contribution in [0, 0.1) is 0 Å². The molecule has 19 heavy (non-hydrogen) atoms. The van der Waals surface area contributed by atoms with Crippen molar-refractivity contribution in [3.8, 4) is 0 Å². The zero-order valence-corrected chi connectivity index (χ0v) is 12.2. The van der Waals surface area contributed by atoms with E-state index in [9.17, 15) is 9.59 Å². The minimum absolute atomic E-state index is 0.112. The van der Waals surface area contributed by atoms with Gasteiger partial charge >= 0.3 is 0 Å². The second kappa shape index (κ2) is 6.75. The number of halogens is 1. The number of hydrogen-bond donors (Lipinski definition) is 1. The largest absolute Gasteiger partial charge is 0.444 e. The fraction of sp³-hybridized carbons (Fsp3) is 0.538. The molecular formula is C13H17BrN2O3. The minimum atomic E-state index is -0.294. The van der Waals surface area contributed by atoms with Crippen LogP contribution in [-0.2, 0) is 4.79 Å². The molecule has 5 nitrogen and oxygen atoms in total. The maximum absolute atomic E-state index is 11.9. The summed E-state index contributed by atoms with van der Waals surface area (Å²) in [7, 11) is 0. The lowest BCUT2D eigenvalue weighted by molar-refractivity contribution is -0.131. The number of hydrogen-bond acceptors (Lipinski definition) is 3. The van der Waals surface area contributed by atoms with Crippen LogP contribution < -0.4 is 5.32 Å². The first-order chi connectivity index (χ1) is 9.16. The third kappa shape index (κ3) is 4.09. The lowest BCUT2D eigenvalue weighted by atomic mass is 10.1. The van der Waals surface area contributed by atoms with Gasteiger partial charge in [-0.25, -0.2) is 0 Å². The van der Waals surface area contributed by atoms with Crippen molar-refractivity contribution < 1.29 is 14.0 Å². The van der Waals surface area contributed by atoms with E-state index in [1.54, 1.807) is 12.1 Å². The second-order valence-corrected chi connectivity index (χ2v) is 5.33. The Morgan fingerprint density at radius 1 is 1.26 bits per heavy atom. The van der Waals surface area contributed by atoms with Gasteiger partial charge in [0.25, 0.3) is 5.91 Å². The fourth-order valence-corrected chi connectivity index (χ4v) is 2.41. The molecule has 1 aliphatic heterocycles. The maximum atomic E-state index is 11.9. The first-order valence-corrected chi connectivity index (χ1v) is 7.27. The van der Waals surface area contributed by atoms with Crippen LogP contribution in [0.3, 0.4) is 0 Å². The van der Waals surface area contributed by atoms with Gasteiger partial charge in [-0.3, -0.25) is 9.59 Å². The van der Waals surface area contributed by atoms with Crippen LogP contribution in [0.4, 0.5) is 0 Å². The smallest absolute Gasteiger partial charge is 0.287 e. The second-order valence-electron chi connectivity index (χ2n) is 4.55. The van der Waals surface area contributed by atoms with Gasteiger partial charge in [0.15, 0.2) is 10.4 Å². The van der Waals surface area contributed by atoms with Crippen LogP contribution in [-0.4, -0.2) is 36.3 Å². The van der Waals surface area contributed by atoms with Gasteiger partial charge in [-0.15, -0.1) is 0 Å². The molecule has 1 fully saturated rings. The van der Waals surface area contributed by atoms with E-state index in [-0.39, 0.29) is 17.6 Å². The summed E-state index contributed by atoms with van der Waals surface area (Å²) in [6, 6.07) is 3.25. The minimum Gasteiger partial charge on any atom is -0.444 e. The quantitative estimate of drug-likeness (QED) is 0.921. The Hall–Kier alpha value is -1.30. The molecule has 2 rings (SSSR count). The van der Waals surface area contributed by atoms with E-state index in [1.165, 1.54) is 6.42 Å². The Morgan fingerprint density at radius 2 is 2.00 bits per heavy atom. The predicted octanol–water partition coefficient (Wildman–Crippen LogP) is 2.17. The van der Waals surface area contributed by atoms with Crippen molar-refractivity contribution in [2.45, 2.75) is 25.7 Å². The number of piperidine rings is 1. The lowest BCUT2D eigenvalue weighted by Gasteiger charge is -2.26. The molecule has 0 spiro atoms. The summed E-state index contributed by atoms with van der Waals surface area (Å²) in [5.41, 5.74) is 0. The highest BCUT2D eigenvalue weighted by molar-refractivity contribution is 9.10. The summed E-state index contributed by atoms with van der Waals surface area (Å²) >= 11 is 3.14. The zero-order valence-electron chi connectivity index (χ0n) is 10.7. The number of amides is 2. The van der Waals surface area contributed by atoms with Gasteiger partial charge in [-0.05, 0) is 47.3 Å². The van der Waals surface area contributed by atoms with Gasteiger partial charge in [0.2, 0.25) is 5.91 Å². The van der Waals surface area contributed by atoms with E-state index >= 15 is 0 Å². The Kier molecular flexibility index (Phi) is 5.01. The molecule has 6 heteroatoms. The Bertz CT molecular complexity index is 452. The molecular weight excluding hydrogens is 312 g/mol. The predicted molar refractivity (Wildman–Crippen MR) is 73.8 cm³/mol. The van der Waals surface area contributed by atoms with Gasteiger partial charge in [-0.2, -0.15) is 0 Å².